The van der Waals surface area contributed by atoms with Gasteiger partial charge in [-0.05, 0) is 36.9 Å². The maximum atomic E-state index is 12.2. The van der Waals surface area contributed by atoms with Crippen LogP contribution in [0.5, 0.6) is 5.75 Å². The number of aromatic hydroxyl groups is 1. The van der Waals surface area contributed by atoms with E-state index in [0.29, 0.717) is 18.8 Å². The lowest BCUT2D eigenvalue weighted by Crippen LogP contribution is -2.21. The van der Waals surface area contributed by atoms with Crippen LogP contribution < -0.4 is 5.56 Å². The molecular weight excluding hydrogens is 328 g/mol. The highest BCUT2D eigenvalue weighted by Gasteiger charge is 2.09. The zero-order chi connectivity index (χ0) is 18.1. The molecule has 3 aromatic heterocycles. The lowest BCUT2D eigenvalue weighted by Gasteiger charge is -2.16. The molecule has 0 unspecified atom stereocenters. The molecule has 0 aliphatic rings. The highest BCUT2D eigenvalue weighted by Crippen LogP contribution is 2.16. The average Bonchev–Trinajstić information content (AvgIpc) is 2.62. The summed E-state index contributed by atoms with van der Waals surface area (Å²) < 4.78 is 1.34. The van der Waals surface area contributed by atoms with Crippen molar-refractivity contribution in [1.29, 1.82) is 0 Å². The molecule has 0 aliphatic carbocycles. The van der Waals surface area contributed by atoms with Gasteiger partial charge in [0.2, 0.25) is 0 Å². The van der Waals surface area contributed by atoms with Gasteiger partial charge in [-0.1, -0.05) is 18.2 Å². The van der Waals surface area contributed by atoms with E-state index in [1.54, 1.807) is 12.3 Å². The van der Waals surface area contributed by atoms with E-state index in [1.807, 2.05) is 37.5 Å². The Balaban J connectivity index is 1.57. The minimum Gasteiger partial charge on any atom is -0.504 e. The number of rotatable bonds is 4. The number of benzene rings is 1. The van der Waals surface area contributed by atoms with E-state index in [-0.39, 0.29) is 17.0 Å². The van der Waals surface area contributed by atoms with Crippen molar-refractivity contribution in [3.8, 4) is 5.75 Å². The summed E-state index contributed by atoms with van der Waals surface area (Å²) in [4.78, 5) is 23.2. The van der Waals surface area contributed by atoms with E-state index in [9.17, 15) is 9.90 Å². The maximum Gasteiger partial charge on any atom is 0.258 e. The highest BCUT2D eigenvalue weighted by molar-refractivity contribution is 5.78. The van der Waals surface area contributed by atoms with Crippen molar-refractivity contribution >= 4 is 16.6 Å². The Kier molecular flexibility index (Phi) is 4.10. The summed E-state index contributed by atoms with van der Waals surface area (Å²) in [5.41, 5.74) is 2.75. The number of nitrogens with zero attached hydrogens (tertiary/aromatic N) is 4. The van der Waals surface area contributed by atoms with Gasteiger partial charge in [0.1, 0.15) is 0 Å². The molecule has 0 saturated carbocycles. The number of pyridine rings is 2. The molecule has 26 heavy (non-hydrogen) atoms. The van der Waals surface area contributed by atoms with E-state index in [0.717, 1.165) is 16.5 Å². The molecule has 1 aromatic carbocycles. The van der Waals surface area contributed by atoms with Crippen molar-refractivity contribution in [2.75, 3.05) is 7.05 Å². The number of fused-ring (bicyclic) bond motifs is 2. The lowest BCUT2D eigenvalue weighted by molar-refractivity contribution is 0.314. The minimum atomic E-state index is -0.207. The number of aromatic nitrogens is 3. The third-order valence-electron chi connectivity index (χ3n) is 4.26. The van der Waals surface area contributed by atoms with Gasteiger partial charge < -0.3 is 5.11 Å². The van der Waals surface area contributed by atoms with Crippen LogP contribution in [0.2, 0.25) is 0 Å². The Bertz CT molecular complexity index is 1150. The zero-order valence-electron chi connectivity index (χ0n) is 14.3. The first-order chi connectivity index (χ1) is 12.6. The third-order valence-corrected chi connectivity index (χ3v) is 4.26. The number of para-hydroxylation sites is 1. The minimum absolute atomic E-state index is 0.00664. The van der Waals surface area contributed by atoms with Gasteiger partial charge in [0.05, 0.1) is 11.2 Å². The largest absolute Gasteiger partial charge is 0.504 e. The summed E-state index contributed by atoms with van der Waals surface area (Å²) in [5.74, 6) is -0.00664. The predicted molar refractivity (Wildman–Crippen MR) is 100 cm³/mol. The second kappa shape index (κ2) is 6.57. The van der Waals surface area contributed by atoms with Crippen LogP contribution in [0, 0.1) is 0 Å². The van der Waals surface area contributed by atoms with Crippen molar-refractivity contribution in [2.24, 2.45) is 0 Å². The van der Waals surface area contributed by atoms with Crippen molar-refractivity contribution in [1.82, 2.24) is 19.3 Å². The number of hydrogen-bond donors (Lipinski definition) is 1. The molecule has 0 radical (unpaired) electrons. The van der Waals surface area contributed by atoms with Crippen LogP contribution in [-0.2, 0) is 13.1 Å². The lowest BCUT2D eigenvalue weighted by atomic mass is 10.1. The molecule has 130 valence electrons. The second-order valence-electron chi connectivity index (χ2n) is 6.38. The molecule has 0 atom stereocenters. The maximum absolute atomic E-state index is 12.2. The van der Waals surface area contributed by atoms with Crippen LogP contribution >= 0.6 is 0 Å². The molecule has 6 nitrogen and oxygen atoms in total. The Hall–Kier alpha value is -3.25. The van der Waals surface area contributed by atoms with Crippen molar-refractivity contribution < 1.29 is 5.11 Å². The first kappa shape index (κ1) is 16.2. The van der Waals surface area contributed by atoms with Crippen LogP contribution in [0.1, 0.15) is 11.3 Å². The van der Waals surface area contributed by atoms with E-state index in [2.05, 4.69) is 20.9 Å². The molecular formula is C20H18N4O2. The molecule has 0 amide bonds. The Morgan fingerprint density at radius 1 is 1.12 bits per heavy atom. The van der Waals surface area contributed by atoms with Gasteiger partial charge in [0.25, 0.3) is 5.56 Å². The van der Waals surface area contributed by atoms with E-state index in [1.165, 1.54) is 16.5 Å². The second-order valence-corrected chi connectivity index (χ2v) is 6.38. The van der Waals surface area contributed by atoms with Gasteiger partial charge in [0.15, 0.2) is 11.4 Å². The summed E-state index contributed by atoms with van der Waals surface area (Å²) in [5, 5.41) is 11.0. The molecule has 4 rings (SSSR count). The average molecular weight is 346 g/mol. The predicted octanol–water partition coefficient (Wildman–Crippen LogP) is 2.58. The number of hydrogen-bond acceptors (Lipinski definition) is 5. The van der Waals surface area contributed by atoms with Crippen molar-refractivity contribution in [3.63, 3.8) is 0 Å². The van der Waals surface area contributed by atoms with Crippen LogP contribution in [-0.4, -0.2) is 31.4 Å². The summed E-state index contributed by atoms with van der Waals surface area (Å²) >= 11 is 0. The van der Waals surface area contributed by atoms with Gasteiger partial charge in [0, 0.05) is 36.9 Å². The molecule has 4 aromatic rings. The van der Waals surface area contributed by atoms with Crippen LogP contribution in [0.15, 0.2) is 65.7 Å². The van der Waals surface area contributed by atoms with Crippen molar-refractivity contribution in [3.05, 3.63) is 82.5 Å². The topological polar surface area (TPSA) is 70.7 Å². The Morgan fingerprint density at radius 3 is 2.85 bits per heavy atom. The zero-order valence-corrected chi connectivity index (χ0v) is 14.3. The van der Waals surface area contributed by atoms with Crippen molar-refractivity contribution in [2.45, 2.75) is 13.1 Å². The molecule has 3 heterocycles. The molecule has 1 N–H and O–H groups in total. The third kappa shape index (κ3) is 3.14. The molecule has 0 aliphatic heterocycles. The fraction of sp³-hybridized carbons (Fsp3) is 0.150. The van der Waals surface area contributed by atoms with Gasteiger partial charge in [-0.2, -0.15) is 0 Å². The summed E-state index contributed by atoms with van der Waals surface area (Å²) in [6.45, 7) is 1.17. The fourth-order valence-electron chi connectivity index (χ4n) is 3.09. The van der Waals surface area contributed by atoms with E-state index < -0.39 is 0 Å². The molecule has 0 fully saturated rings. The van der Waals surface area contributed by atoms with E-state index in [4.69, 9.17) is 0 Å². The summed E-state index contributed by atoms with van der Waals surface area (Å²) in [7, 11) is 1.96. The van der Waals surface area contributed by atoms with Gasteiger partial charge in [-0.25, -0.2) is 4.98 Å². The van der Waals surface area contributed by atoms with Crippen LogP contribution in [0.25, 0.3) is 16.6 Å². The molecule has 0 saturated heterocycles. The highest BCUT2D eigenvalue weighted by atomic mass is 16.3. The molecule has 6 heteroatoms. The quantitative estimate of drug-likeness (QED) is 0.615. The standard InChI is InChI=1S/C20H18N4O2/c1-23(12-14-9-15-5-2-3-6-17(15)21-11-14)13-16-10-19(26)24-8-4-7-18(25)20(24)22-16/h2-11,25H,12-13H2,1H3. The van der Waals surface area contributed by atoms with Crippen LogP contribution in [0.4, 0.5) is 0 Å². The normalized spacial score (nSPS) is 11.5. The van der Waals surface area contributed by atoms with Gasteiger partial charge in [-0.3, -0.25) is 19.1 Å². The summed E-state index contributed by atoms with van der Waals surface area (Å²) in [6, 6.07) is 14.8. The van der Waals surface area contributed by atoms with E-state index >= 15 is 0 Å². The van der Waals surface area contributed by atoms with Crippen LogP contribution in [0.3, 0.4) is 0 Å². The first-order valence-corrected chi connectivity index (χ1v) is 8.33. The molecule has 0 spiro atoms. The van der Waals surface area contributed by atoms with Gasteiger partial charge in [-0.15, -0.1) is 0 Å². The first-order valence-electron chi connectivity index (χ1n) is 8.33. The monoisotopic (exact) mass is 346 g/mol. The summed E-state index contributed by atoms with van der Waals surface area (Å²) in [6.07, 6.45) is 3.46. The molecule has 0 bridgehead atoms. The SMILES string of the molecule is CN(Cc1cnc2ccccc2c1)Cc1cc(=O)n2cccc(O)c2n1. The smallest absolute Gasteiger partial charge is 0.258 e. The Labute approximate surface area is 150 Å². The fourth-order valence-corrected chi connectivity index (χ4v) is 3.09. The van der Waals surface area contributed by atoms with Gasteiger partial charge >= 0.3 is 0 Å². The Morgan fingerprint density at radius 2 is 1.96 bits per heavy atom.